The van der Waals surface area contributed by atoms with Crippen molar-refractivity contribution >= 4 is 17.3 Å². The summed E-state index contributed by atoms with van der Waals surface area (Å²) in [6.07, 6.45) is 0. The Hall–Kier alpha value is -2.43. The van der Waals surface area contributed by atoms with Crippen molar-refractivity contribution in [1.29, 1.82) is 0 Å². The molecule has 0 heterocycles. The molecule has 0 aliphatic carbocycles. The zero-order chi connectivity index (χ0) is 14.0. The molecule has 5 heteroatoms. The summed E-state index contributed by atoms with van der Waals surface area (Å²) in [4.78, 5) is 13.4. The van der Waals surface area contributed by atoms with Crippen LogP contribution in [-0.2, 0) is 0 Å². The Balaban J connectivity index is 2.33. The highest BCUT2D eigenvalue weighted by molar-refractivity contribution is 6.06. The molecule has 0 aliphatic rings. The molecule has 0 bridgehead atoms. The molecule has 0 unspecified atom stereocenters. The first-order chi connectivity index (χ1) is 8.97. The fourth-order valence-corrected chi connectivity index (χ4v) is 1.73. The zero-order valence-electron chi connectivity index (χ0n) is 10.2. The minimum atomic E-state index is -0.587. The van der Waals surface area contributed by atoms with Gasteiger partial charge in [-0.2, -0.15) is 0 Å². The van der Waals surface area contributed by atoms with E-state index in [9.17, 15) is 13.6 Å². The lowest BCUT2D eigenvalue weighted by atomic mass is 10.1. The minimum Gasteiger partial charge on any atom is -0.399 e. The van der Waals surface area contributed by atoms with E-state index in [1.54, 1.807) is 6.07 Å². The third-order valence-corrected chi connectivity index (χ3v) is 2.67. The number of carbonyl (C=O) groups excluding carboxylic acids is 1. The molecule has 2 aromatic rings. The van der Waals surface area contributed by atoms with Crippen LogP contribution in [0.25, 0.3) is 0 Å². The number of halogens is 2. The topological polar surface area (TPSA) is 46.3 Å². The van der Waals surface area contributed by atoms with E-state index in [2.05, 4.69) is 0 Å². The third-order valence-electron chi connectivity index (χ3n) is 2.67. The van der Waals surface area contributed by atoms with E-state index >= 15 is 0 Å². The monoisotopic (exact) mass is 262 g/mol. The van der Waals surface area contributed by atoms with Crippen LogP contribution >= 0.6 is 0 Å². The predicted octanol–water partition coefficient (Wildman–Crippen LogP) is 2.82. The Kier molecular flexibility index (Phi) is 3.46. The molecule has 1 amide bonds. The van der Waals surface area contributed by atoms with Crippen molar-refractivity contribution in [2.24, 2.45) is 0 Å². The summed E-state index contributed by atoms with van der Waals surface area (Å²) < 4.78 is 26.3. The van der Waals surface area contributed by atoms with Crippen LogP contribution in [0.2, 0.25) is 0 Å². The van der Waals surface area contributed by atoms with Gasteiger partial charge in [-0.25, -0.2) is 8.78 Å². The molecule has 0 fully saturated rings. The van der Waals surface area contributed by atoms with Gasteiger partial charge in [0.2, 0.25) is 0 Å². The Morgan fingerprint density at radius 1 is 1.11 bits per heavy atom. The molecule has 0 spiro atoms. The number of nitrogen functional groups attached to an aromatic ring is 1. The lowest BCUT2D eigenvalue weighted by molar-refractivity contribution is 0.0992. The third kappa shape index (κ3) is 2.88. The van der Waals surface area contributed by atoms with Gasteiger partial charge in [0.1, 0.15) is 11.6 Å². The summed E-state index contributed by atoms with van der Waals surface area (Å²) in [5.41, 5.74) is 6.15. The summed E-state index contributed by atoms with van der Waals surface area (Å²) in [6.45, 7) is 0. The van der Waals surface area contributed by atoms with Gasteiger partial charge in [-0.1, -0.05) is 6.07 Å². The second-order valence-corrected chi connectivity index (χ2v) is 4.12. The first-order valence-corrected chi connectivity index (χ1v) is 5.57. The lowest BCUT2D eigenvalue weighted by Crippen LogP contribution is -2.26. The van der Waals surface area contributed by atoms with E-state index < -0.39 is 17.5 Å². The molecule has 2 rings (SSSR count). The Morgan fingerprint density at radius 3 is 2.47 bits per heavy atom. The number of nitrogens with two attached hydrogens (primary N) is 1. The van der Waals surface area contributed by atoms with Gasteiger partial charge >= 0.3 is 0 Å². The molecule has 0 saturated heterocycles. The molecule has 19 heavy (non-hydrogen) atoms. The number of rotatable bonds is 2. The summed E-state index contributed by atoms with van der Waals surface area (Å²) in [7, 11) is 1.48. The Morgan fingerprint density at radius 2 is 1.84 bits per heavy atom. The highest BCUT2D eigenvalue weighted by atomic mass is 19.1. The quantitative estimate of drug-likeness (QED) is 0.846. The molecule has 0 atom stereocenters. The van der Waals surface area contributed by atoms with Crippen molar-refractivity contribution in [2.75, 3.05) is 17.7 Å². The first-order valence-electron chi connectivity index (χ1n) is 5.57. The highest BCUT2D eigenvalue weighted by Gasteiger charge is 2.15. The van der Waals surface area contributed by atoms with Crippen LogP contribution in [-0.4, -0.2) is 13.0 Å². The van der Waals surface area contributed by atoms with Crippen LogP contribution in [0, 0.1) is 11.6 Å². The standard InChI is InChI=1S/C14H12F2N2O/c1-18(13-4-2-3-10(15)8-13)14(19)9-5-11(16)7-12(17)6-9/h2-8H,17H2,1H3. The molecule has 0 aromatic heterocycles. The summed E-state index contributed by atoms with van der Waals surface area (Å²) in [6, 6.07) is 9.18. The summed E-state index contributed by atoms with van der Waals surface area (Å²) >= 11 is 0. The van der Waals surface area contributed by atoms with Gasteiger partial charge in [-0.15, -0.1) is 0 Å². The van der Waals surface area contributed by atoms with E-state index in [1.807, 2.05) is 0 Å². The number of carbonyl (C=O) groups is 1. The second-order valence-electron chi connectivity index (χ2n) is 4.12. The van der Waals surface area contributed by atoms with Crippen LogP contribution in [0.5, 0.6) is 0 Å². The van der Waals surface area contributed by atoms with Crippen LogP contribution in [0.4, 0.5) is 20.2 Å². The van der Waals surface area contributed by atoms with Gasteiger partial charge < -0.3 is 10.6 Å². The van der Waals surface area contributed by atoms with Gasteiger partial charge in [0.15, 0.2) is 0 Å². The predicted molar refractivity (Wildman–Crippen MR) is 69.9 cm³/mol. The summed E-state index contributed by atoms with van der Waals surface area (Å²) in [5.74, 6) is -1.50. The fourth-order valence-electron chi connectivity index (χ4n) is 1.73. The average molecular weight is 262 g/mol. The summed E-state index contributed by atoms with van der Waals surface area (Å²) in [5, 5.41) is 0. The van der Waals surface area contributed by atoms with Gasteiger partial charge in [0.05, 0.1) is 0 Å². The zero-order valence-corrected chi connectivity index (χ0v) is 10.2. The molecule has 98 valence electrons. The number of nitrogens with zero attached hydrogens (tertiary/aromatic N) is 1. The number of anilines is 2. The Bertz CT molecular complexity index is 608. The lowest BCUT2D eigenvalue weighted by Gasteiger charge is -2.17. The number of hydrogen-bond donors (Lipinski definition) is 1. The van der Waals surface area contributed by atoms with Crippen LogP contribution in [0.1, 0.15) is 10.4 Å². The van der Waals surface area contributed by atoms with E-state index in [0.717, 1.165) is 12.1 Å². The second kappa shape index (κ2) is 5.06. The number of benzene rings is 2. The highest BCUT2D eigenvalue weighted by Crippen LogP contribution is 2.18. The van der Waals surface area contributed by atoms with Crippen LogP contribution in [0.15, 0.2) is 42.5 Å². The Labute approximate surface area is 109 Å². The van der Waals surface area contributed by atoms with Crippen molar-refractivity contribution in [3.63, 3.8) is 0 Å². The molecule has 0 radical (unpaired) electrons. The van der Waals surface area contributed by atoms with Crippen molar-refractivity contribution in [3.8, 4) is 0 Å². The van der Waals surface area contributed by atoms with Crippen LogP contribution in [0.3, 0.4) is 0 Å². The van der Waals surface area contributed by atoms with Gasteiger partial charge in [-0.3, -0.25) is 4.79 Å². The normalized spacial score (nSPS) is 10.3. The number of amides is 1. The van der Waals surface area contributed by atoms with Gasteiger partial charge in [0.25, 0.3) is 5.91 Å². The molecule has 2 aromatic carbocycles. The van der Waals surface area contributed by atoms with Crippen molar-refractivity contribution in [1.82, 2.24) is 0 Å². The minimum absolute atomic E-state index is 0.115. The molecular weight excluding hydrogens is 250 g/mol. The molecule has 3 nitrogen and oxygen atoms in total. The van der Waals surface area contributed by atoms with E-state index in [4.69, 9.17) is 5.73 Å². The van der Waals surface area contributed by atoms with Crippen molar-refractivity contribution in [2.45, 2.75) is 0 Å². The average Bonchev–Trinajstić information content (AvgIpc) is 2.36. The van der Waals surface area contributed by atoms with Gasteiger partial charge in [-0.05, 0) is 36.4 Å². The molecule has 0 aliphatic heterocycles. The van der Waals surface area contributed by atoms with Gasteiger partial charge in [0, 0.05) is 24.0 Å². The molecule has 2 N–H and O–H groups in total. The number of hydrogen-bond acceptors (Lipinski definition) is 2. The molecular formula is C14H12F2N2O. The first kappa shape index (κ1) is 13.0. The van der Waals surface area contributed by atoms with Crippen molar-refractivity contribution < 1.29 is 13.6 Å². The maximum Gasteiger partial charge on any atom is 0.258 e. The smallest absolute Gasteiger partial charge is 0.258 e. The fraction of sp³-hybridized carbons (Fsp3) is 0.0714. The van der Waals surface area contributed by atoms with E-state index in [1.165, 1.54) is 36.2 Å². The van der Waals surface area contributed by atoms with E-state index in [0.29, 0.717) is 5.69 Å². The van der Waals surface area contributed by atoms with E-state index in [-0.39, 0.29) is 11.3 Å². The van der Waals surface area contributed by atoms with Crippen molar-refractivity contribution in [3.05, 3.63) is 59.7 Å². The van der Waals surface area contributed by atoms with Crippen LogP contribution < -0.4 is 10.6 Å². The SMILES string of the molecule is CN(C(=O)c1cc(N)cc(F)c1)c1cccc(F)c1. The maximum atomic E-state index is 13.2. The molecule has 0 saturated carbocycles. The largest absolute Gasteiger partial charge is 0.399 e. The maximum absolute atomic E-state index is 13.2.